The molecule has 1 aliphatic rings. The van der Waals surface area contributed by atoms with E-state index in [9.17, 15) is 4.79 Å². The summed E-state index contributed by atoms with van der Waals surface area (Å²) >= 11 is 0. The van der Waals surface area contributed by atoms with Crippen LogP contribution in [0, 0.1) is 0 Å². The molecule has 0 atom stereocenters. The Kier molecular flexibility index (Phi) is 6.82. The second-order valence-electron chi connectivity index (χ2n) is 6.98. The molecule has 0 spiro atoms. The van der Waals surface area contributed by atoms with E-state index >= 15 is 0 Å². The van der Waals surface area contributed by atoms with E-state index in [4.69, 9.17) is 18.9 Å². The number of nitrogens with zero attached hydrogens (tertiary/aromatic N) is 1. The maximum Gasteiger partial charge on any atom is 0.254 e. The zero-order valence-electron chi connectivity index (χ0n) is 17.5. The Morgan fingerprint density at radius 3 is 2.14 bits per heavy atom. The number of nitrogens with one attached hydrogen (secondary N) is 1. The summed E-state index contributed by atoms with van der Waals surface area (Å²) in [6.45, 7) is 4.03. The van der Waals surface area contributed by atoms with Crippen molar-refractivity contribution >= 4 is 5.91 Å². The minimum absolute atomic E-state index is 0.0516. The third-order valence-corrected chi connectivity index (χ3v) is 5.25. The van der Waals surface area contributed by atoms with Gasteiger partial charge in [0, 0.05) is 11.1 Å². The van der Waals surface area contributed by atoms with Crippen molar-refractivity contribution in [2.24, 2.45) is 0 Å². The molecule has 1 N–H and O–H groups in total. The smallest absolute Gasteiger partial charge is 0.254 e. The molecule has 1 amide bonds. The number of carbonyl (C=O) groups excluding carboxylic acids is 1. The summed E-state index contributed by atoms with van der Waals surface area (Å²) < 4.78 is 21.5. The number of piperazine rings is 1. The minimum atomic E-state index is 0.0516. The van der Waals surface area contributed by atoms with Gasteiger partial charge in [-0.15, -0.1) is 0 Å². The summed E-state index contributed by atoms with van der Waals surface area (Å²) in [4.78, 5) is 16.1. The summed E-state index contributed by atoms with van der Waals surface area (Å²) in [5.41, 5.74) is 1.78. The SMILES string of the molecule is COc1cccc(C(=O)N2CC[NH+](Cc3cc(OC)c(OC)c(OC)c3)CC2)c1. The van der Waals surface area contributed by atoms with Crippen molar-refractivity contribution in [3.05, 3.63) is 47.5 Å². The largest absolute Gasteiger partial charge is 0.497 e. The van der Waals surface area contributed by atoms with Gasteiger partial charge < -0.3 is 28.7 Å². The highest BCUT2D eigenvalue weighted by atomic mass is 16.5. The Balaban J connectivity index is 1.63. The Labute approximate surface area is 171 Å². The lowest BCUT2D eigenvalue weighted by Crippen LogP contribution is -3.13. The number of hydrogen-bond acceptors (Lipinski definition) is 5. The van der Waals surface area contributed by atoms with Crippen LogP contribution in [0.15, 0.2) is 36.4 Å². The first-order valence-corrected chi connectivity index (χ1v) is 9.65. The van der Waals surface area contributed by atoms with Crippen molar-refractivity contribution in [3.8, 4) is 23.0 Å². The predicted octanol–water partition coefficient (Wildman–Crippen LogP) is 1.26. The summed E-state index contributed by atoms with van der Waals surface area (Å²) in [7, 11) is 6.45. The number of ether oxygens (including phenoxy) is 4. The highest BCUT2D eigenvalue weighted by Crippen LogP contribution is 2.38. The van der Waals surface area contributed by atoms with E-state index in [2.05, 4.69) is 0 Å². The Bertz CT molecular complexity index is 822. The summed E-state index contributed by atoms with van der Waals surface area (Å²) in [6.07, 6.45) is 0. The van der Waals surface area contributed by atoms with E-state index in [1.54, 1.807) is 34.5 Å². The Morgan fingerprint density at radius 1 is 0.931 bits per heavy atom. The van der Waals surface area contributed by atoms with Gasteiger partial charge in [0.1, 0.15) is 12.3 Å². The van der Waals surface area contributed by atoms with Crippen LogP contribution >= 0.6 is 0 Å². The second kappa shape index (κ2) is 9.52. The predicted molar refractivity (Wildman–Crippen MR) is 109 cm³/mol. The molecule has 0 aliphatic carbocycles. The van der Waals surface area contributed by atoms with Crippen LogP contribution in [0.3, 0.4) is 0 Å². The minimum Gasteiger partial charge on any atom is -0.497 e. The van der Waals surface area contributed by atoms with Crippen molar-refractivity contribution in [1.29, 1.82) is 0 Å². The third-order valence-electron chi connectivity index (χ3n) is 5.25. The molecule has 0 unspecified atom stereocenters. The molecule has 1 fully saturated rings. The molecule has 1 aliphatic heterocycles. The molecule has 7 heteroatoms. The van der Waals surface area contributed by atoms with Gasteiger partial charge in [-0.3, -0.25) is 4.79 Å². The van der Waals surface area contributed by atoms with Crippen molar-refractivity contribution in [2.45, 2.75) is 6.54 Å². The van der Waals surface area contributed by atoms with Gasteiger partial charge in [-0.05, 0) is 30.3 Å². The standard InChI is InChI=1S/C22H28N2O5/c1-26-18-7-5-6-17(14-18)22(25)24-10-8-23(9-11-24)15-16-12-19(27-2)21(29-4)20(13-16)28-3/h5-7,12-14H,8-11,15H2,1-4H3/p+1. The van der Waals surface area contributed by atoms with Gasteiger partial charge in [0.25, 0.3) is 5.91 Å². The number of benzene rings is 2. The molecule has 3 rings (SSSR count). The molecule has 0 bridgehead atoms. The van der Waals surface area contributed by atoms with E-state index in [1.807, 2.05) is 35.2 Å². The number of rotatable bonds is 7. The quantitative estimate of drug-likeness (QED) is 0.757. The fourth-order valence-electron chi connectivity index (χ4n) is 3.67. The Morgan fingerprint density at radius 2 is 1.59 bits per heavy atom. The molecule has 0 aromatic heterocycles. The van der Waals surface area contributed by atoms with Crippen molar-refractivity contribution < 1.29 is 28.6 Å². The number of hydrogen-bond donors (Lipinski definition) is 1. The van der Waals surface area contributed by atoms with E-state index in [0.29, 0.717) is 28.6 Å². The molecule has 29 heavy (non-hydrogen) atoms. The second-order valence-corrected chi connectivity index (χ2v) is 6.98. The van der Waals surface area contributed by atoms with Gasteiger partial charge in [0.15, 0.2) is 11.5 Å². The highest BCUT2D eigenvalue weighted by molar-refractivity contribution is 5.94. The van der Waals surface area contributed by atoms with Crippen molar-refractivity contribution in [3.63, 3.8) is 0 Å². The van der Waals surface area contributed by atoms with Crippen LogP contribution in [0.1, 0.15) is 15.9 Å². The summed E-state index contributed by atoms with van der Waals surface area (Å²) in [6, 6.07) is 11.3. The fourth-order valence-corrected chi connectivity index (χ4v) is 3.67. The molecule has 0 radical (unpaired) electrons. The third kappa shape index (κ3) is 4.74. The van der Waals surface area contributed by atoms with Crippen LogP contribution in [-0.2, 0) is 6.54 Å². The zero-order valence-corrected chi connectivity index (χ0v) is 17.5. The first-order chi connectivity index (χ1) is 14.1. The van der Waals surface area contributed by atoms with Crippen LogP contribution in [0.5, 0.6) is 23.0 Å². The lowest BCUT2D eigenvalue weighted by Gasteiger charge is -2.32. The highest BCUT2D eigenvalue weighted by Gasteiger charge is 2.25. The number of quaternary nitrogens is 1. The van der Waals surface area contributed by atoms with E-state index in [0.717, 1.165) is 38.3 Å². The van der Waals surface area contributed by atoms with Gasteiger partial charge >= 0.3 is 0 Å². The molecule has 2 aromatic carbocycles. The van der Waals surface area contributed by atoms with Crippen molar-refractivity contribution in [2.75, 3.05) is 54.6 Å². The van der Waals surface area contributed by atoms with Gasteiger partial charge in [0.2, 0.25) is 5.75 Å². The molecule has 156 valence electrons. The molecule has 2 aromatic rings. The first kappa shape index (κ1) is 20.8. The number of methoxy groups -OCH3 is 4. The van der Waals surface area contributed by atoms with Gasteiger partial charge in [0.05, 0.1) is 54.6 Å². The average Bonchev–Trinajstić information content (AvgIpc) is 2.78. The van der Waals surface area contributed by atoms with Crippen LogP contribution < -0.4 is 23.8 Å². The van der Waals surface area contributed by atoms with Crippen molar-refractivity contribution in [1.82, 2.24) is 4.90 Å². The van der Waals surface area contributed by atoms with E-state index in [-0.39, 0.29) is 5.91 Å². The molecule has 7 nitrogen and oxygen atoms in total. The molecular formula is C22H29N2O5+. The normalized spacial score (nSPS) is 14.4. The lowest BCUT2D eigenvalue weighted by atomic mass is 10.1. The lowest BCUT2D eigenvalue weighted by molar-refractivity contribution is -0.917. The van der Waals surface area contributed by atoms with Gasteiger partial charge in [-0.25, -0.2) is 0 Å². The van der Waals surface area contributed by atoms with Crippen LogP contribution in [0.2, 0.25) is 0 Å². The summed E-state index contributed by atoms with van der Waals surface area (Å²) in [5, 5.41) is 0. The average molecular weight is 401 g/mol. The van der Waals surface area contributed by atoms with E-state index in [1.165, 1.54) is 4.90 Å². The maximum atomic E-state index is 12.8. The first-order valence-electron chi connectivity index (χ1n) is 9.65. The maximum absolute atomic E-state index is 12.8. The fraction of sp³-hybridized carbons (Fsp3) is 0.409. The molecular weight excluding hydrogens is 372 g/mol. The monoisotopic (exact) mass is 401 g/mol. The van der Waals surface area contributed by atoms with Gasteiger partial charge in [-0.2, -0.15) is 0 Å². The number of carbonyl (C=O) groups is 1. The summed E-state index contributed by atoms with van der Waals surface area (Å²) in [5.74, 6) is 2.67. The number of amides is 1. The zero-order chi connectivity index (χ0) is 20.8. The topological polar surface area (TPSA) is 61.7 Å². The van der Waals surface area contributed by atoms with Crippen LogP contribution in [-0.4, -0.2) is 65.4 Å². The molecule has 1 saturated heterocycles. The Hall–Kier alpha value is -2.93. The van der Waals surface area contributed by atoms with E-state index < -0.39 is 0 Å². The van der Waals surface area contributed by atoms with Crippen LogP contribution in [0.4, 0.5) is 0 Å². The molecule has 1 heterocycles. The van der Waals surface area contributed by atoms with Gasteiger partial charge in [-0.1, -0.05) is 6.07 Å². The van der Waals surface area contributed by atoms with Crippen LogP contribution in [0.25, 0.3) is 0 Å². The molecule has 0 saturated carbocycles.